The van der Waals surface area contributed by atoms with E-state index in [1.165, 1.54) is 11.1 Å². The van der Waals surface area contributed by atoms with Crippen LogP contribution in [0, 0.1) is 20.8 Å². The fraction of sp³-hybridized carbons (Fsp3) is 0.462. The van der Waals surface area contributed by atoms with Gasteiger partial charge in [-0.1, -0.05) is 6.07 Å². The first-order valence-corrected chi connectivity index (χ1v) is 5.71. The highest BCUT2D eigenvalue weighted by Crippen LogP contribution is 2.23. The Bertz CT molecular complexity index is 443. The smallest absolute Gasteiger partial charge is 0.407 e. The maximum absolute atomic E-state index is 10.9. The predicted octanol–water partition coefficient (Wildman–Crippen LogP) is 2.10. The zero-order chi connectivity index (χ0) is 12.4. The normalized spacial score (nSPS) is 18.8. The molecule has 1 aliphatic heterocycles. The number of amides is 1. The van der Waals surface area contributed by atoms with Crippen molar-refractivity contribution in [2.45, 2.75) is 26.9 Å². The van der Waals surface area contributed by atoms with Gasteiger partial charge in [-0.2, -0.15) is 0 Å². The van der Waals surface area contributed by atoms with E-state index in [0.29, 0.717) is 13.2 Å². The molecule has 1 aromatic carbocycles. The van der Waals surface area contributed by atoms with Crippen LogP contribution in [0.4, 0.5) is 4.79 Å². The number of ether oxygens (including phenoxy) is 2. The molecule has 0 spiro atoms. The molecule has 0 aromatic heterocycles. The molecule has 1 N–H and O–H groups in total. The van der Waals surface area contributed by atoms with Crippen LogP contribution < -0.4 is 10.1 Å². The molecular formula is C13H17NO3. The van der Waals surface area contributed by atoms with Crippen LogP contribution in [0.5, 0.6) is 5.75 Å². The number of rotatable bonds is 3. The van der Waals surface area contributed by atoms with Crippen LogP contribution in [0.25, 0.3) is 0 Å². The molecule has 1 saturated heterocycles. The second-order valence-corrected chi connectivity index (χ2v) is 4.42. The number of alkyl carbamates (subject to hydrolysis) is 1. The lowest BCUT2D eigenvalue weighted by molar-refractivity contribution is 0.104. The van der Waals surface area contributed by atoms with E-state index < -0.39 is 0 Å². The standard InChI is InChI=1S/C13H17NO3/c1-8-4-9(2)10(3)12(5-8)16-7-11-6-14-13(15)17-11/h4-5,11H,6-7H2,1-3H3,(H,14,15)/t11-/m1/s1. The highest BCUT2D eigenvalue weighted by molar-refractivity contribution is 5.69. The first-order valence-electron chi connectivity index (χ1n) is 5.71. The number of benzene rings is 1. The first kappa shape index (κ1) is 11.8. The molecule has 1 atom stereocenters. The van der Waals surface area contributed by atoms with Crippen LogP contribution >= 0.6 is 0 Å². The summed E-state index contributed by atoms with van der Waals surface area (Å²) in [5.41, 5.74) is 3.51. The van der Waals surface area contributed by atoms with E-state index in [1.54, 1.807) is 0 Å². The first-order chi connectivity index (χ1) is 8.06. The maximum Gasteiger partial charge on any atom is 0.407 e. The average Bonchev–Trinajstić information content (AvgIpc) is 2.67. The van der Waals surface area contributed by atoms with Crippen molar-refractivity contribution in [1.82, 2.24) is 5.32 Å². The molecule has 1 amide bonds. The number of hydrogen-bond donors (Lipinski definition) is 1. The molecule has 2 rings (SSSR count). The van der Waals surface area contributed by atoms with Crippen LogP contribution in [-0.4, -0.2) is 25.3 Å². The molecule has 0 unspecified atom stereocenters. The number of nitrogens with one attached hydrogen (secondary N) is 1. The van der Waals surface area contributed by atoms with Crippen molar-refractivity contribution in [3.8, 4) is 5.75 Å². The summed E-state index contributed by atoms with van der Waals surface area (Å²) in [4.78, 5) is 10.9. The molecule has 4 nitrogen and oxygen atoms in total. The lowest BCUT2D eigenvalue weighted by Crippen LogP contribution is -2.22. The van der Waals surface area contributed by atoms with Gasteiger partial charge in [0.1, 0.15) is 12.4 Å². The van der Waals surface area contributed by atoms with Crippen molar-refractivity contribution < 1.29 is 14.3 Å². The number of cyclic esters (lactones) is 1. The SMILES string of the molecule is Cc1cc(C)c(C)c(OC[C@H]2CNC(=O)O2)c1. The number of carbonyl (C=O) groups is 1. The summed E-state index contributed by atoms with van der Waals surface area (Å²) in [5.74, 6) is 0.866. The maximum atomic E-state index is 10.9. The van der Waals surface area contributed by atoms with Crippen LogP contribution in [0.3, 0.4) is 0 Å². The number of hydrogen-bond acceptors (Lipinski definition) is 3. The van der Waals surface area contributed by atoms with E-state index in [0.717, 1.165) is 11.3 Å². The van der Waals surface area contributed by atoms with Gasteiger partial charge in [-0.25, -0.2) is 4.79 Å². The van der Waals surface area contributed by atoms with Gasteiger partial charge in [0.2, 0.25) is 0 Å². The summed E-state index contributed by atoms with van der Waals surface area (Å²) >= 11 is 0. The Kier molecular flexibility index (Phi) is 3.22. The highest BCUT2D eigenvalue weighted by Gasteiger charge is 2.23. The summed E-state index contributed by atoms with van der Waals surface area (Å²) in [6, 6.07) is 4.13. The Morgan fingerprint density at radius 1 is 1.41 bits per heavy atom. The van der Waals surface area contributed by atoms with Gasteiger partial charge in [0.15, 0.2) is 6.10 Å². The van der Waals surface area contributed by atoms with E-state index in [1.807, 2.05) is 19.9 Å². The Hall–Kier alpha value is -1.71. The molecule has 0 bridgehead atoms. The Morgan fingerprint density at radius 2 is 2.18 bits per heavy atom. The van der Waals surface area contributed by atoms with Gasteiger partial charge in [0, 0.05) is 0 Å². The van der Waals surface area contributed by atoms with Gasteiger partial charge in [-0.15, -0.1) is 0 Å². The molecule has 1 heterocycles. The molecular weight excluding hydrogens is 218 g/mol. The van der Waals surface area contributed by atoms with Gasteiger partial charge >= 0.3 is 6.09 Å². The molecule has 17 heavy (non-hydrogen) atoms. The van der Waals surface area contributed by atoms with E-state index >= 15 is 0 Å². The quantitative estimate of drug-likeness (QED) is 0.872. The minimum Gasteiger partial charge on any atom is -0.489 e. The summed E-state index contributed by atoms with van der Waals surface area (Å²) in [6.07, 6.45) is -0.557. The Morgan fingerprint density at radius 3 is 2.82 bits per heavy atom. The fourth-order valence-corrected chi connectivity index (χ4v) is 1.86. The van der Waals surface area contributed by atoms with Crippen LogP contribution in [0.15, 0.2) is 12.1 Å². The molecule has 1 aromatic rings. The van der Waals surface area contributed by atoms with Crippen LogP contribution in [-0.2, 0) is 4.74 Å². The van der Waals surface area contributed by atoms with E-state index in [4.69, 9.17) is 9.47 Å². The van der Waals surface area contributed by atoms with E-state index in [2.05, 4.69) is 18.3 Å². The van der Waals surface area contributed by atoms with Gasteiger partial charge in [-0.05, 0) is 43.5 Å². The molecule has 0 radical (unpaired) electrons. The number of carbonyl (C=O) groups excluding carboxylic acids is 1. The van der Waals surface area contributed by atoms with Crippen molar-refractivity contribution in [2.75, 3.05) is 13.2 Å². The van der Waals surface area contributed by atoms with Crippen molar-refractivity contribution in [3.05, 3.63) is 28.8 Å². The number of aryl methyl sites for hydroxylation is 2. The molecule has 92 valence electrons. The molecule has 0 aliphatic carbocycles. The fourth-order valence-electron chi connectivity index (χ4n) is 1.86. The molecule has 1 fully saturated rings. The van der Waals surface area contributed by atoms with Gasteiger partial charge in [0.05, 0.1) is 6.54 Å². The van der Waals surface area contributed by atoms with Gasteiger partial charge in [0.25, 0.3) is 0 Å². The van der Waals surface area contributed by atoms with E-state index in [9.17, 15) is 4.79 Å². The van der Waals surface area contributed by atoms with Crippen LogP contribution in [0.1, 0.15) is 16.7 Å². The van der Waals surface area contributed by atoms with Crippen molar-refractivity contribution in [1.29, 1.82) is 0 Å². The Labute approximate surface area is 101 Å². The lowest BCUT2D eigenvalue weighted by atomic mass is 10.1. The topological polar surface area (TPSA) is 47.6 Å². The average molecular weight is 235 g/mol. The van der Waals surface area contributed by atoms with Crippen molar-refractivity contribution in [3.63, 3.8) is 0 Å². The zero-order valence-electron chi connectivity index (χ0n) is 10.4. The summed E-state index contributed by atoms with van der Waals surface area (Å²) < 4.78 is 10.7. The van der Waals surface area contributed by atoms with Gasteiger partial charge in [-0.3, -0.25) is 0 Å². The minimum absolute atomic E-state index is 0.192. The summed E-state index contributed by atoms with van der Waals surface area (Å²) in [5, 5.41) is 2.60. The second-order valence-electron chi connectivity index (χ2n) is 4.42. The highest BCUT2D eigenvalue weighted by atomic mass is 16.6. The van der Waals surface area contributed by atoms with Crippen LogP contribution in [0.2, 0.25) is 0 Å². The molecule has 4 heteroatoms. The summed E-state index contributed by atoms with van der Waals surface area (Å²) in [7, 11) is 0. The second kappa shape index (κ2) is 4.65. The lowest BCUT2D eigenvalue weighted by Gasteiger charge is -2.14. The minimum atomic E-state index is -0.365. The third kappa shape index (κ3) is 2.70. The largest absolute Gasteiger partial charge is 0.489 e. The Balaban J connectivity index is 2.01. The molecule has 0 saturated carbocycles. The van der Waals surface area contributed by atoms with Gasteiger partial charge < -0.3 is 14.8 Å². The third-order valence-corrected chi connectivity index (χ3v) is 2.94. The van der Waals surface area contributed by atoms with Crippen molar-refractivity contribution >= 4 is 6.09 Å². The monoisotopic (exact) mass is 235 g/mol. The van der Waals surface area contributed by atoms with Crippen molar-refractivity contribution in [2.24, 2.45) is 0 Å². The third-order valence-electron chi connectivity index (χ3n) is 2.94. The molecule has 1 aliphatic rings. The predicted molar refractivity (Wildman–Crippen MR) is 64.4 cm³/mol. The van der Waals surface area contributed by atoms with E-state index in [-0.39, 0.29) is 12.2 Å². The zero-order valence-corrected chi connectivity index (χ0v) is 10.4. The summed E-state index contributed by atoms with van der Waals surface area (Å²) in [6.45, 7) is 7.04.